The molecule has 7 nitrogen and oxygen atoms in total. The van der Waals surface area contributed by atoms with Gasteiger partial charge >= 0.3 is 5.97 Å². The molecular weight excluding hydrogens is 464 g/mol. The van der Waals surface area contributed by atoms with Crippen molar-refractivity contribution in [3.63, 3.8) is 0 Å². The standard InChI is InChI=1S/C27H24N2O5S/c1-2-32-23-14-8-6-12-21(23)27-28-19(18-35-27)16-26(31)33-17-25(30)29-22-13-7-9-15-24(22)34-20-10-4-3-5-11-20/h3-15,18H,2,16-17H2,1H3,(H,29,30). The first-order valence-electron chi connectivity index (χ1n) is 11.1. The molecule has 0 aliphatic heterocycles. The fraction of sp³-hybridized carbons (Fsp3) is 0.148. The molecule has 0 radical (unpaired) electrons. The van der Waals surface area contributed by atoms with Crippen molar-refractivity contribution in [2.24, 2.45) is 0 Å². The van der Waals surface area contributed by atoms with Crippen molar-refractivity contribution in [2.75, 3.05) is 18.5 Å². The molecule has 4 rings (SSSR count). The van der Waals surface area contributed by atoms with E-state index in [1.807, 2.05) is 67.6 Å². The fourth-order valence-electron chi connectivity index (χ4n) is 3.24. The van der Waals surface area contributed by atoms with E-state index in [4.69, 9.17) is 14.2 Å². The van der Waals surface area contributed by atoms with Crippen molar-refractivity contribution in [2.45, 2.75) is 13.3 Å². The second-order valence-electron chi connectivity index (χ2n) is 7.37. The van der Waals surface area contributed by atoms with Gasteiger partial charge in [0.2, 0.25) is 0 Å². The predicted molar refractivity (Wildman–Crippen MR) is 135 cm³/mol. The summed E-state index contributed by atoms with van der Waals surface area (Å²) in [6.45, 7) is 2.06. The summed E-state index contributed by atoms with van der Waals surface area (Å²) < 4.78 is 16.7. The Bertz CT molecular complexity index is 1290. The van der Waals surface area contributed by atoms with Gasteiger partial charge in [-0.3, -0.25) is 9.59 Å². The highest BCUT2D eigenvalue weighted by atomic mass is 32.1. The van der Waals surface area contributed by atoms with Crippen LogP contribution < -0.4 is 14.8 Å². The molecule has 4 aromatic rings. The van der Waals surface area contributed by atoms with Crippen LogP contribution in [-0.2, 0) is 20.7 Å². The fourth-order valence-corrected chi connectivity index (χ4v) is 4.09. The number of hydrogen-bond donors (Lipinski definition) is 1. The van der Waals surface area contributed by atoms with Crippen molar-refractivity contribution in [1.82, 2.24) is 4.98 Å². The number of anilines is 1. The molecule has 0 atom stereocenters. The van der Waals surface area contributed by atoms with E-state index in [-0.39, 0.29) is 6.42 Å². The van der Waals surface area contributed by atoms with Gasteiger partial charge in [-0.25, -0.2) is 4.98 Å². The Labute approximate surface area is 207 Å². The summed E-state index contributed by atoms with van der Waals surface area (Å²) in [7, 11) is 0. The van der Waals surface area contributed by atoms with E-state index in [1.165, 1.54) is 11.3 Å². The van der Waals surface area contributed by atoms with Crippen LogP contribution in [0, 0.1) is 0 Å². The number of esters is 1. The van der Waals surface area contributed by atoms with Gasteiger partial charge in [0.15, 0.2) is 12.4 Å². The summed E-state index contributed by atoms with van der Waals surface area (Å²) in [5.41, 5.74) is 1.92. The van der Waals surface area contributed by atoms with Crippen LogP contribution in [0.5, 0.6) is 17.2 Å². The number of para-hydroxylation sites is 4. The zero-order chi connectivity index (χ0) is 24.5. The van der Waals surface area contributed by atoms with E-state index < -0.39 is 18.5 Å². The van der Waals surface area contributed by atoms with E-state index in [2.05, 4.69) is 10.3 Å². The maximum absolute atomic E-state index is 12.4. The van der Waals surface area contributed by atoms with Crippen molar-refractivity contribution in [3.8, 4) is 27.8 Å². The van der Waals surface area contributed by atoms with Crippen molar-refractivity contribution in [3.05, 3.63) is 89.9 Å². The van der Waals surface area contributed by atoms with E-state index in [0.717, 1.165) is 16.3 Å². The molecule has 0 aliphatic rings. The lowest BCUT2D eigenvalue weighted by atomic mass is 10.2. The molecular formula is C27H24N2O5S. The molecule has 178 valence electrons. The molecule has 1 heterocycles. The zero-order valence-corrected chi connectivity index (χ0v) is 19.9. The summed E-state index contributed by atoms with van der Waals surface area (Å²) in [6, 6.07) is 23.9. The van der Waals surface area contributed by atoms with Gasteiger partial charge in [0.05, 0.1) is 30.0 Å². The summed E-state index contributed by atoms with van der Waals surface area (Å²) in [6.07, 6.45) is -0.0334. The molecule has 1 N–H and O–H groups in total. The number of rotatable bonds is 10. The van der Waals surface area contributed by atoms with Crippen LogP contribution in [0.15, 0.2) is 84.2 Å². The SMILES string of the molecule is CCOc1ccccc1-c1nc(CC(=O)OCC(=O)Nc2ccccc2Oc2ccccc2)cs1. The summed E-state index contributed by atoms with van der Waals surface area (Å²) in [5, 5.41) is 5.28. The average Bonchev–Trinajstić information content (AvgIpc) is 3.33. The number of nitrogens with one attached hydrogen (secondary N) is 1. The van der Waals surface area contributed by atoms with Crippen LogP contribution >= 0.6 is 11.3 Å². The van der Waals surface area contributed by atoms with Gasteiger partial charge in [0.25, 0.3) is 5.91 Å². The van der Waals surface area contributed by atoms with Gasteiger partial charge < -0.3 is 19.5 Å². The van der Waals surface area contributed by atoms with Crippen LogP contribution in [0.25, 0.3) is 10.6 Å². The molecule has 0 unspecified atom stereocenters. The van der Waals surface area contributed by atoms with Crippen LogP contribution in [0.2, 0.25) is 0 Å². The molecule has 1 aromatic heterocycles. The molecule has 3 aromatic carbocycles. The molecule has 0 spiro atoms. The first-order chi connectivity index (χ1) is 17.1. The molecule has 0 fully saturated rings. The monoisotopic (exact) mass is 488 g/mol. The number of amides is 1. The Kier molecular flexibility index (Phi) is 8.08. The van der Waals surface area contributed by atoms with E-state index >= 15 is 0 Å². The maximum Gasteiger partial charge on any atom is 0.312 e. The molecule has 35 heavy (non-hydrogen) atoms. The lowest BCUT2D eigenvalue weighted by Crippen LogP contribution is -2.22. The van der Waals surface area contributed by atoms with Crippen molar-refractivity contribution >= 4 is 28.9 Å². The third kappa shape index (κ3) is 6.68. The Balaban J connectivity index is 1.31. The number of ether oxygens (including phenoxy) is 3. The summed E-state index contributed by atoms with van der Waals surface area (Å²) in [4.78, 5) is 29.2. The van der Waals surface area contributed by atoms with Crippen molar-refractivity contribution < 1.29 is 23.8 Å². The smallest absolute Gasteiger partial charge is 0.312 e. The third-order valence-corrected chi connectivity index (χ3v) is 5.72. The maximum atomic E-state index is 12.4. The molecule has 8 heteroatoms. The normalized spacial score (nSPS) is 10.4. The minimum Gasteiger partial charge on any atom is -0.493 e. The third-order valence-electron chi connectivity index (χ3n) is 4.79. The lowest BCUT2D eigenvalue weighted by molar-refractivity contribution is -0.146. The van der Waals surface area contributed by atoms with Crippen LogP contribution in [0.3, 0.4) is 0 Å². The van der Waals surface area contributed by atoms with Crippen LogP contribution in [0.4, 0.5) is 5.69 Å². The Morgan fingerprint density at radius 1 is 0.914 bits per heavy atom. The predicted octanol–water partition coefficient (Wildman–Crippen LogP) is 5.73. The van der Waals surface area contributed by atoms with E-state index in [1.54, 1.807) is 23.6 Å². The molecule has 1 amide bonds. The highest BCUT2D eigenvalue weighted by Crippen LogP contribution is 2.32. The Morgan fingerprint density at radius 3 is 2.43 bits per heavy atom. The van der Waals surface area contributed by atoms with Gasteiger partial charge in [-0.05, 0) is 43.3 Å². The van der Waals surface area contributed by atoms with E-state index in [9.17, 15) is 9.59 Å². The topological polar surface area (TPSA) is 86.8 Å². The highest BCUT2D eigenvalue weighted by Gasteiger charge is 2.15. The van der Waals surface area contributed by atoms with Crippen LogP contribution in [0.1, 0.15) is 12.6 Å². The number of nitrogens with zero attached hydrogens (tertiary/aromatic N) is 1. The van der Waals surface area contributed by atoms with Gasteiger partial charge in [0, 0.05) is 5.38 Å². The van der Waals surface area contributed by atoms with E-state index in [0.29, 0.717) is 29.5 Å². The average molecular weight is 489 g/mol. The minimum absolute atomic E-state index is 0.0334. The number of carbonyl (C=O) groups excluding carboxylic acids is 2. The van der Waals surface area contributed by atoms with Gasteiger partial charge in [-0.1, -0.05) is 42.5 Å². The first kappa shape index (κ1) is 24.0. The lowest BCUT2D eigenvalue weighted by Gasteiger charge is -2.12. The summed E-state index contributed by atoms with van der Waals surface area (Å²) >= 11 is 1.42. The van der Waals surface area contributed by atoms with Gasteiger partial charge in [-0.15, -0.1) is 11.3 Å². The number of benzene rings is 3. The van der Waals surface area contributed by atoms with Gasteiger partial charge in [-0.2, -0.15) is 0 Å². The molecule has 0 aliphatic carbocycles. The van der Waals surface area contributed by atoms with Crippen molar-refractivity contribution in [1.29, 1.82) is 0 Å². The number of carbonyl (C=O) groups is 2. The number of thiazole rings is 1. The highest BCUT2D eigenvalue weighted by molar-refractivity contribution is 7.13. The van der Waals surface area contributed by atoms with Gasteiger partial charge in [0.1, 0.15) is 16.5 Å². The molecule has 0 saturated heterocycles. The second-order valence-corrected chi connectivity index (χ2v) is 8.23. The Morgan fingerprint density at radius 2 is 1.63 bits per heavy atom. The Hall–Kier alpha value is -4.17. The molecule has 0 saturated carbocycles. The largest absolute Gasteiger partial charge is 0.493 e. The minimum atomic E-state index is -0.538. The number of aromatic nitrogens is 1. The zero-order valence-electron chi connectivity index (χ0n) is 19.1. The first-order valence-corrected chi connectivity index (χ1v) is 11.9. The number of hydrogen-bond acceptors (Lipinski definition) is 7. The summed E-state index contributed by atoms with van der Waals surface area (Å²) in [5.74, 6) is 0.871. The molecule has 0 bridgehead atoms. The van der Waals surface area contributed by atoms with Crippen LogP contribution in [-0.4, -0.2) is 30.1 Å². The quantitative estimate of drug-likeness (QED) is 0.287. The second kappa shape index (κ2) is 11.8.